The lowest BCUT2D eigenvalue weighted by molar-refractivity contribution is -0.107. The van der Waals surface area contributed by atoms with Gasteiger partial charge in [0.25, 0.3) is 0 Å². The second-order valence-electron chi connectivity index (χ2n) is 4.83. The molecule has 2 heteroatoms. The Kier molecular flexibility index (Phi) is 14.4. The van der Waals surface area contributed by atoms with Gasteiger partial charge in [-0.2, -0.15) is 0 Å². The number of hydrogen-bond donors (Lipinski definition) is 0. The summed E-state index contributed by atoms with van der Waals surface area (Å²) in [4.78, 5) is 0. The van der Waals surface area contributed by atoms with Crippen LogP contribution in [0.2, 0.25) is 0 Å². The van der Waals surface area contributed by atoms with Crippen LogP contribution in [-0.4, -0.2) is 20.5 Å². The summed E-state index contributed by atoms with van der Waals surface area (Å²) in [5, 5.41) is 0. The summed E-state index contributed by atoms with van der Waals surface area (Å²) in [6.45, 7) is 2.19. The zero-order valence-corrected chi connectivity index (χ0v) is 12.6. The number of ether oxygens (including phenoxy) is 2. The largest absolute Gasteiger partial charge is 0.356 e. The van der Waals surface area contributed by atoms with Gasteiger partial charge in [0.15, 0.2) is 6.29 Å². The van der Waals surface area contributed by atoms with E-state index < -0.39 is 0 Å². The summed E-state index contributed by atoms with van der Waals surface area (Å²) in [5.74, 6) is 0. The molecule has 0 bridgehead atoms. The van der Waals surface area contributed by atoms with Crippen molar-refractivity contribution in [3.63, 3.8) is 0 Å². The van der Waals surface area contributed by atoms with Crippen LogP contribution in [0.25, 0.3) is 0 Å². The van der Waals surface area contributed by atoms with E-state index in [2.05, 4.69) is 19.1 Å². The molecule has 108 valence electrons. The molecule has 0 rings (SSSR count). The Morgan fingerprint density at radius 1 is 0.778 bits per heavy atom. The molecule has 0 saturated heterocycles. The van der Waals surface area contributed by atoms with E-state index in [4.69, 9.17) is 9.47 Å². The van der Waals surface area contributed by atoms with Gasteiger partial charge in [-0.15, -0.1) is 0 Å². The number of allylic oxidation sites excluding steroid dienone is 2. The highest BCUT2D eigenvalue weighted by molar-refractivity contribution is 4.79. The molecule has 0 radical (unpaired) electrons. The van der Waals surface area contributed by atoms with Gasteiger partial charge in [0, 0.05) is 14.2 Å². The van der Waals surface area contributed by atoms with Gasteiger partial charge in [-0.25, -0.2) is 0 Å². The first kappa shape index (κ1) is 17.7. The number of methoxy groups -OCH3 is 2. The number of unbranched alkanes of at least 4 members (excludes halogenated alkanes) is 7. The van der Waals surface area contributed by atoms with E-state index >= 15 is 0 Å². The van der Waals surface area contributed by atoms with E-state index in [1.54, 1.807) is 14.2 Å². The maximum atomic E-state index is 5.16. The minimum atomic E-state index is -0.00430. The summed E-state index contributed by atoms with van der Waals surface area (Å²) in [5.41, 5.74) is 0. The normalized spacial score (nSPS) is 11.8. The Bertz CT molecular complexity index is 174. The average Bonchev–Trinajstić information content (AvgIpc) is 2.40. The lowest BCUT2D eigenvalue weighted by Crippen LogP contribution is -2.12. The quantitative estimate of drug-likeness (QED) is 0.260. The Morgan fingerprint density at radius 2 is 1.33 bits per heavy atom. The SMILES string of the molecule is CCC=CCCCCCCCCCC(OC)OC. The van der Waals surface area contributed by atoms with Gasteiger partial charge in [0.2, 0.25) is 0 Å². The van der Waals surface area contributed by atoms with Crippen molar-refractivity contribution in [3.05, 3.63) is 12.2 Å². The highest BCUT2D eigenvalue weighted by Crippen LogP contribution is 2.12. The number of hydrogen-bond acceptors (Lipinski definition) is 2. The molecule has 0 aliphatic rings. The second-order valence-corrected chi connectivity index (χ2v) is 4.83. The molecule has 0 heterocycles. The van der Waals surface area contributed by atoms with Gasteiger partial charge in [-0.3, -0.25) is 0 Å². The molecule has 0 atom stereocenters. The van der Waals surface area contributed by atoms with Crippen LogP contribution in [0.4, 0.5) is 0 Å². The van der Waals surface area contributed by atoms with Crippen molar-refractivity contribution < 1.29 is 9.47 Å². The van der Waals surface area contributed by atoms with Crippen LogP contribution in [0.15, 0.2) is 12.2 Å². The standard InChI is InChI=1S/C16H32O2/c1-4-5-6-7-8-9-10-11-12-13-14-15-16(17-2)18-3/h5-6,16H,4,7-15H2,1-3H3. The molecule has 0 aromatic heterocycles. The van der Waals surface area contributed by atoms with Crippen molar-refractivity contribution in [1.82, 2.24) is 0 Å². The molecule has 0 amide bonds. The lowest BCUT2D eigenvalue weighted by Gasteiger charge is -2.12. The topological polar surface area (TPSA) is 18.5 Å². The third-order valence-electron chi connectivity index (χ3n) is 3.24. The summed E-state index contributed by atoms with van der Waals surface area (Å²) in [6.07, 6.45) is 17.4. The Morgan fingerprint density at radius 3 is 1.89 bits per heavy atom. The minimum absolute atomic E-state index is 0.00430. The molecule has 0 aromatic rings. The van der Waals surface area contributed by atoms with Crippen LogP contribution in [0.5, 0.6) is 0 Å². The molecular formula is C16H32O2. The van der Waals surface area contributed by atoms with Crippen LogP contribution >= 0.6 is 0 Å². The molecular weight excluding hydrogens is 224 g/mol. The van der Waals surface area contributed by atoms with Crippen molar-refractivity contribution in [1.29, 1.82) is 0 Å². The third kappa shape index (κ3) is 12.1. The highest BCUT2D eigenvalue weighted by Gasteiger charge is 2.03. The first-order chi connectivity index (χ1) is 8.85. The van der Waals surface area contributed by atoms with E-state index in [-0.39, 0.29) is 6.29 Å². The van der Waals surface area contributed by atoms with Gasteiger partial charge in [-0.05, 0) is 32.1 Å². The molecule has 0 aromatic carbocycles. The maximum absolute atomic E-state index is 5.16. The van der Waals surface area contributed by atoms with E-state index in [0.717, 1.165) is 6.42 Å². The molecule has 0 N–H and O–H groups in total. The zero-order valence-electron chi connectivity index (χ0n) is 12.6. The summed E-state index contributed by atoms with van der Waals surface area (Å²) in [7, 11) is 3.42. The Hall–Kier alpha value is -0.340. The molecule has 2 nitrogen and oxygen atoms in total. The first-order valence-corrected chi connectivity index (χ1v) is 7.55. The lowest BCUT2D eigenvalue weighted by atomic mass is 10.1. The van der Waals surface area contributed by atoms with Gasteiger partial charge in [0.1, 0.15) is 0 Å². The molecule has 0 aliphatic heterocycles. The predicted octanol–water partition coefficient (Wildman–Crippen LogP) is 5.08. The smallest absolute Gasteiger partial charge is 0.156 e. The van der Waals surface area contributed by atoms with Crippen LogP contribution in [0.3, 0.4) is 0 Å². The van der Waals surface area contributed by atoms with Crippen LogP contribution in [0.1, 0.15) is 71.1 Å². The fourth-order valence-corrected chi connectivity index (χ4v) is 2.07. The van der Waals surface area contributed by atoms with Crippen LogP contribution in [-0.2, 0) is 9.47 Å². The zero-order chi connectivity index (χ0) is 13.5. The predicted molar refractivity (Wildman–Crippen MR) is 78.8 cm³/mol. The van der Waals surface area contributed by atoms with Crippen molar-refractivity contribution in [3.8, 4) is 0 Å². The molecule has 0 aliphatic carbocycles. The molecule has 0 spiro atoms. The van der Waals surface area contributed by atoms with Crippen molar-refractivity contribution in [2.75, 3.05) is 14.2 Å². The Labute approximate surface area is 114 Å². The van der Waals surface area contributed by atoms with E-state index in [9.17, 15) is 0 Å². The molecule has 0 unspecified atom stereocenters. The molecule has 0 fully saturated rings. The minimum Gasteiger partial charge on any atom is -0.356 e. The van der Waals surface area contributed by atoms with Gasteiger partial charge < -0.3 is 9.47 Å². The molecule has 18 heavy (non-hydrogen) atoms. The first-order valence-electron chi connectivity index (χ1n) is 7.55. The van der Waals surface area contributed by atoms with Crippen molar-refractivity contribution in [2.45, 2.75) is 77.4 Å². The summed E-state index contributed by atoms with van der Waals surface area (Å²) in [6, 6.07) is 0. The summed E-state index contributed by atoms with van der Waals surface area (Å²) >= 11 is 0. The highest BCUT2D eigenvalue weighted by atomic mass is 16.7. The van der Waals surface area contributed by atoms with E-state index in [0.29, 0.717) is 0 Å². The van der Waals surface area contributed by atoms with Gasteiger partial charge >= 0.3 is 0 Å². The van der Waals surface area contributed by atoms with Gasteiger partial charge in [-0.1, -0.05) is 51.2 Å². The van der Waals surface area contributed by atoms with Crippen molar-refractivity contribution >= 4 is 0 Å². The third-order valence-corrected chi connectivity index (χ3v) is 3.24. The fourth-order valence-electron chi connectivity index (χ4n) is 2.07. The average molecular weight is 256 g/mol. The van der Waals surface area contributed by atoms with Crippen LogP contribution in [0, 0.1) is 0 Å². The van der Waals surface area contributed by atoms with Gasteiger partial charge in [0.05, 0.1) is 0 Å². The van der Waals surface area contributed by atoms with Crippen LogP contribution < -0.4 is 0 Å². The van der Waals surface area contributed by atoms with E-state index in [1.165, 1.54) is 57.8 Å². The fraction of sp³-hybridized carbons (Fsp3) is 0.875. The molecule has 0 saturated carbocycles. The summed E-state index contributed by atoms with van der Waals surface area (Å²) < 4.78 is 10.3. The van der Waals surface area contributed by atoms with Crippen molar-refractivity contribution in [2.24, 2.45) is 0 Å². The van der Waals surface area contributed by atoms with E-state index in [1.807, 2.05) is 0 Å². The Balaban J connectivity index is 3.09. The maximum Gasteiger partial charge on any atom is 0.156 e. The second kappa shape index (κ2) is 14.7. The number of rotatable bonds is 13. The monoisotopic (exact) mass is 256 g/mol.